The van der Waals surface area contributed by atoms with E-state index in [1.54, 1.807) is 0 Å². The third-order valence-corrected chi connectivity index (χ3v) is 4.67. The Bertz CT molecular complexity index is 400. The minimum Gasteiger partial charge on any atom is -0.494 e. The van der Waals surface area contributed by atoms with Gasteiger partial charge in [0, 0.05) is 5.56 Å². The second-order valence-electron chi connectivity index (χ2n) is 5.80. The van der Waals surface area contributed by atoms with Gasteiger partial charge in [0.2, 0.25) is 0 Å². The van der Waals surface area contributed by atoms with Gasteiger partial charge >= 0.3 is 0 Å². The van der Waals surface area contributed by atoms with Crippen LogP contribution in [-0.4, -0.2) is 6.61 Å². The zero-order valence-corrected chi connectivity index (χ0v) is 12.8. The highest BCUT2D eigenvalue weighted by molar-refractivity contribution is 5.36. The molecule has 1 aromatic carbocycles. The van der Waals surface area contributed by atoms with Gasteiger partial charge in [0.1, 0.15) is 5.75 Å². The molecule has 112 valence electrons. The molecular formula is C17H28N2O. The minimum absolute atomic E-state index is 0.204. The Kier molecular flexibility index (Phi) is 5.86. The lowest BCUT2D eigenvalue weighted by Gasteiger charge is -2.34. The van der Waals surface area contributed by atoms with Crippen molar-refractivity contribution in [3.8, 4) is 5.75 Å². The van der Waals surface area contributed by atoms with Gasteiger partial charge < -0.3 is 4.74 Å². The van der Waals surface area contributed by atoms with Crippen molar-refractivity contribution >= 4 is 0 Å². The van der Waals surface area contributed by atoms with Crippen LogP contribution in [-0.2, 0) is 0 Å². The number of hydrogen-bond acceptors (Lipinski definition) is 3. The van der Waals surface area contributed by atoms with Crippen LogP contribution in [0.25, 0.3) is 0 Å². The molecule has 1 atom stereocenters. The second kappa shape index (κ2) is 7.65. The van der Waals surface area contributed by atoms with E-state index in [1.807, 2.05) is 19.1 Å². The Labute approximate surface area is 122 Å². The van der Waals surface area contributed by atoms with E-state index in [0.717, 1.165) is 11.7 Å². The number of benzene rings is 1. The van der Waals surface area contributed by atoms with Crippen LogP contribution in [0.3, 0.4) is 0 Å². The molecule has 0 heterocycles. The lowest BCUT2D eigenvalue weighted by molar-refractivity contribution is 0.215. The van der Waals surface area contributed by atoms with Crippen molar-refractivity contribution in [1.82, 2.24) is 5.43 Å². The van der Waals surface area contributed by atoms with Crippen LogP contribution in [0.5, 0.6) is 5.75 Å². The monoisotopic (exact) mass is 276 g/mol. The van der Waals surface area contributed by atoms with Crippen molar-refractivity contribution in [2.45, 2.75) is 52.0 Å². The molecule has 0 aliphatic heterocycles. The molecule has 2 rings (SSSR count). The summed E-state index contributed by atoms with van der Waals surface area (Å²) in [5, 5.41) is 0. The van der Waals surface area contributed by atoms with Crippen molar-refractivity contribution in [3.63, 3.8) is 0 Å². The third kappa shape index (κ3) is 3.53. The van der Waals surface area contributed by atoms with E-state index in [1.165, 1.54) is 37.7 Å². The van der Waals surface area contributed by atoms with Gasteiger partial charge in [-0.05, 0) is 37.7 Å². The predicted octanol–water partition coefficient (Wildman–Crippen LogP) is 3.81. The number of rotatable bonds is 6. The van der Waals surface area contributed by atoms with E-state index < -0.39 is 0 Å². The molecule has 1 aromatic rings. The quantitative estimate of drug-likeness (QED) is 0.613. The van der Waals surface area contributed by atoms with E-state index in [-0.39, 0.29) is 6.04 Å². The number of ether oxygens (including phenoxy) is 1. The SMILES string of the molecule is CCOc1ccccc1C(NN)C1CCC(CC)CC1. The largest absolute Gasteiger partial charge is 0.494 e. The van der Waals surface area contributed by atoms with Crippen LogP contribution in [0.4, 0.5) is 0 Å². The molecule has 0 saturated heterocycles. The highest BCUT2D eigenvalue weighted by Crippen LogP contribution is 2.39. The van der Waals surface area contributed by atoms with Crippen LogP contribution in [0.2, 0.25) is 0 Å². The molecule has 3 nitrogen and oxygen atoms in total. The average molecular weight is 276 g/mol. The van der Waals surface area contributed by atoms with Gasteiger partial charge in [-0.15, -0.1) is 0 Å². The summed E-state index contributed by atoms with van der Waals surface area (Å²) in [6.45, 7) is 5.01. The van der Waals surface area contributed by atoms with E-state index in [2.05, 4.69) is 24.5 Å². The van der Waals surface area contributed by atoms with E-state index in [4.69, 9.17) is 10.6 Å². The van der Waals surface area contributed by atoms with Crippen LogP contribution < -0.4 is 16.0 Å². The van der Waals surface area contributed by atoms with E-state index >= 15 is 0 Å². The maximum atomic E-state index is 5.86. The number of para-hydroxylation sites is 1. The molecule has 1 aliphatic rings. The molecule has 1 fully saturated rings. The van der Waals surface area contributed by atoms with Gasteiger partial charge in [-0.3, -0.25) is 11.3 Å². The first-order valence-electron chi connectivity index (χ1n) is 7.97. The van der Waals surface area contributed by atoms with Crippen molar-refractivity contribution in [3.05, 3.63) is 29.8 Å². The third-order valence-electron chi connectivity index (χ3n) is 4.67. The van der Waals surface area contributed by atoms with Crippen molar-refractivity contribution in [1.29, 1.82) is 0 Å². The Balaban J connectivity index is 2.12. The predicted molar refractivity (Wildman–Crippen MR) is 83.4 cm³/mol. The Morgan fingerprint density at radius 1 is 1.20 bits per heavy atom. The Morgan fingerprint density at radius 2 is 1.90 bits per heavy atom. The van der Waals surface area contributed by atoms with Crippen molar-refractivity contribution in [2.75, 3.05) is 6.61 Å². The summed E-state index contributed by atoms with van der Waals surface area (Å²) in [6.07, 6.45) is 6.48. The van der Waals surface area contributed by atoms with Gasteiger partial charge in [-0.1, -0.05) is 44.4 Å². The van der Waals surface area contributed by atoms with Gasteiger partial charge in [-0.2, -0.15) is 0 Å². The molecular weight excluding hydrogens is 248 g/mol. The summed E-state index contributed by atoms with van der Waals surface area (Å²) in [7, 11) is 0. The molecule has 1 aliphatic carbocycles. The van der Waals surface area contributed by atoms with Crippen molar-refractivity contribution in [2.24, 2.45) is 17.7 Å². The zero-order valence-electron chi connectivity index (χ0n) is 12.8. The standard InChI is InChI=1S/C17H28N2O/c1-3-13-9-11-14(12-10-13)17(19-18)15-7-5-6-8-16(15)20-4-2/h5-8,13-14,17,19H,3-4,9-12,18H2,1-2H3. The van der Waals surface area contributed by atoms with Gasteiger partial charge in [0.25, 0.3) is 0 Å². The lowest BCUT2D eigenvalue weighted by atomic mass is 9.76. The summed E-state index contributed by atoms with van der Waals surface area (Å²) in [5.41, 5.74) is 4.25. The normalized spacial score (nSPS) is 24.4. The van der Waals surface area contributed by atoms with Crippen LogP contribution >= 0.6 is 0 Å². The molecule has 3 heteroatoms. The second-order valence-corrected chi connectivity index (χ2v) is 5.80. The smallest absolute Gasteiger partial charge is 0.124 e. The molecule has 3 N–H and O–H groups in total. The molecule has 0 amide bonds. The molecule has 0 bridgehead atoms. The summed E-state index contributed by atoms with van der Waals surface area (Å²) >= 11 is 0. The summed E-state index contributed by atoms with van der Waals surface area (Å²) in [4.78, 5) is 0. The summed E-state index contributed by atoms with van der Waals surface area (Å²) in [6, 6.07) is 8.48. The number of hydrogen-bond donors (Lipinski definition) is 2. The van der Waals surface area contributed by atoms with E-state index in [9.17, 15) is 0 Å². The fraction of sp³-hybridized carbons (Fsp3) is 0.647. The van der Waals surface area contributed by atoms with Crippen LogP contribution in [0.15, 0.2) is 24.3 Å². The number of hydrazine groups is 1. The fourth-order valence-electron chi connectivity index (χ4n) is 3.43. The number of nitrogens with two attached hydrogens (primary N) is 1. The molecule has 1 unspecified atom stereocenters. The molecule has 0 spiro atoms. The highest BCUT2D eigenvalue weighted by Gasteiger charge is 2.28. The van der Waals surface area contributed by atoms with Gasteiger partial charge in [-0.25, -0.2) is 0 Å². The first kappa shape index (κ1) is 15.3. The Morgan fingerprint density at radius 3 is 2.50 bits per heavy atom. The molecule has 0 aromatic heterocycles. The highest BCUT2D eigenvalue weighted by atomic mass is 16.5. The maximum Gasteiger partial charge on any atom is 0.124 e. The minimum atomic E-state index is 0.204. The van der Waals surface area contributed by atoms with Crippen LogP contribution in [0.1, 0.15) is 57.6 Å². The molecule has 0 radical (unpaired) electrons. The summed E-state index contributed by atoms with van der Waals surface area (Å²) in [5.74, 6) is 8.35. The lowest BCUT2D eigenvalue weighted by Crippen LogP contribution is -2.35. The van der Waals surface area contributed by atoms with Crippen LogP contribution in [0, 0.1) is 11.8 Å². The number of nitrogens with one attached hydrogen (secondary N) is 1. The topological polar surface area (TPSA) is 47.3 Å². The summed E-state index contributed by atoms with van der Waals surface area (Å²) < 4.78 is 5.76. The fourth-order valence-corrected chi connectivity index (χ4v) is 3.43. The average Bonchev–Trinajstić information content (AvgIpc) is 2.51. The van der Waals surface area contributed by atoms with Crippen molar-refractivity contribution < 1.29 is 4.74 Å². The van der Waals surface area contributed by atoms with E-state index in [0.29, 0.717) is 12.5 Å². The molecule has 20 heavy (non-hydrogen) atoms. The first-order chi connectivity index (χ1) is 9.80. The Hall–Kier alpha value is -1.06. The maximum absolute atomic E-state index is 5.86. The first-order valence-corrected chi connectivity index (χ1v) is 7.97. The van der Waals surface area contributed by atoms with Gasteiger partial charge in [0.05, 0.1) is 12.6 Å². The zero-order chi connectivity index (χ0) is 14.4. The van der Waals surface area contributed by atoms with Gasteiger partial charge in [0.15, 0.2) is 0 Å². The molecule has 1 saturated carbocycles.